The number of anilines is 1. The summed E-state index contributed by atoms with van der Waals surface area (Å²) in [6.07, 6.45) is 7.59. The molecule has 1 aliphatic rings. The van der Waals surface area contributed by atoms with Crippen LogP contribution in [0.4, 0.5) is 5.82 Å². The Labute approximate surface area is 138 Å². The molecule has 1 saturated carbocycles. The van der Waals surface area contributed by atoms with E-state index >= 15 is 0 Å². The number of nitrogens with one attached hydrogen (secondary N) is 1. The molecule has 0 saturated heterocycles. The second kappa shape index (κ2) is 6.43. The van der Waals surface area contributed by atoms with Gasteiger partial charge in [-0.3, -0.25) is 0 Å². The second-order valence-electron chi connectivity index (χ2n) is 7.13. The topological polar surface area (TPSA) is 58.4 Å². The number of nitrogens with zero attached hydrogens (tertiary/aromatic N) is 5. The molecule has 6 nitrogen and oxygen atoms in total. The van der Waals surface area contributed by atoms with Crippen molar-refractivity contribution in [2.24, 2.45) is 5.92 Å². The van der Waals surface area contributed by atoms with Gasteiger partial charge in [0.25, 0.3) is 5.78 Å². The lowest BCUT2D eigenvalue weighted by atomic mass is 9.75. The van der Waals surface area contributed by atoms with Crippen molar-refractivity contribution in [3.05, 3.63) is 18.1 Å². The highest BCUT2D eigenvalue weighted by Crippen LogP contribution is 2.35. The van der Waals surface area contributed by atoms with Gasteiger partial charge in [-0.1, -0.05) is 26.7 Å². The van der Waals surface area contributed by atoms with Crippen LogP contribution < -0.4 is 5.32 Å². The first-order valence-corrected chi connectivity index (χ1v) is 8.65. The van der Waals surface area contributed by atoms with E-state index in [1.165, 1.54) is 25.7 Å². The minimum atomic E-state index is 0.209. The Morgan fingerprint density at radius 3 is 2.96 bits per heavy atom. The van der Waals surface area contributed by atoms with Gasteiger partial charge in [0.2, 0.25) is 0 Å². The van der Waals surface area contributed by atoms with Crippen molar-refractivity contribution in [2.75, 3.05) is 26.0 Å². The largest absolute Gasteiger partial charge is 0.368 e. The van der Waals surface area contributed by atoms with Gasteiger partial charge in [0, 0.05) is 23.8 Å². The monoisotopic (exact) mass is 316 g/mol. The van der Waals surface area contributed by atoms with E-state index in [1.807, 2.05) is 0 Å². The summed E-state index contributed by atoms with van der Waals surface area (Å²) in [7, 11) is 4.41. The molecular weight excluding hydrogens is 288 g/mol. The molecular formula is C17H28N6. The molecule has 2 unspecified atom stereocenters. The SMILES string of the molecule is CCc1cc(NCC2(N(C)C)CCCC(C)C2)n2ncnc2n1. The van der Waals surface area contributed by atoms with E-state index in [2.05, 4.69) is 59.3 Å². The van der Waals surface area contributed by atoms with Gasteiger partial charge >= 0.3 is 0 Å². The molecule has 2 atom stereocenters. The molecule has 0 aromatic carbocycles. The lowest BCUT2D eigenvalue weighted by Crippen LogP contribution is -2.52. The van der Waals surface area contributed by atoms with Crippen LogP contribution in [0.3, 0.4) is 0 Å². The summed E-state index contributed by atoms with van der Waals surface area (Å²) in [6, 6.07) is 2.09. The number of aryl methyl sites for hydroxylation is 1. The van der Waals surface area contributed by atoms with Crippen LogP contribution in [-0.2, 0) is 6.42 Å². The van der Waals surface area contributed by atoms with Crippen molar-refractivity contribution in [2.45, 2.75) is 51.5 Å². The maximum atomic E-state index is 4.51. The van der Waals surface area contributed by atoms with Crippen molar-refractivity contribution in [1.29, 1.82) is 0 Å². The molecule has 0 radical (unpaired) electrons. The molecule has 23 heavy (non-hydrogen) atoms. The molecule has 1 fully saturated rings. The lowest BCUT2D eigenvalue weighted by molar-refractivity contribution is 0.0881. The fraction of sp³-hybridized carbons (Fsp3) is 0.706. The summed E-state index contributed by atoms with van der Waals surface area (Å²) >= 11 is 0. The molecule has 0 bridgehead atoms. The Kier molecular flexibility index (Phi) is 4.53. The van der Waals surface area contributed by atoms with Crippen molar-refractivity contribution < 1.29 is 0 Å². The minimum absolute atomic E-state index is 0.209. The quantitative estimate of drug-likeness (QED) is 0.919. The van der Waals surface area contributed by atoms with Gasteiger partial charge in [0.1, 0.15) is 12.1 Å². The standard InChI is InChI=1S/C17H28N6/c1-5-14-9-15(23-16(21-14)19-12-20-23)18-11-17(22(3)4)8-6-7-13(2)10-17/h9,12-13,18H,5-8,10-11H2,1-4H3. The van der Waals surface area contributed by atoms with Gasteiger partial charge in [0.05, 0.1) is 0 Å². The van der Waals surface area contributed by atoms with Gasteiger partial charge in [-0.2, -0.15) is 14.6 Å². The van der Waals surface area contributed by atoms with Crippen LogP contribution in [0.25, 0.3) is 5.78 Å². The normalized spacial score (nSPS) is 25.2. The van der Waals surface area contributed by atoms with E-state index in [9.17, 15) is 0 Å². The average molecular weight is 316 g/mol. The maximum absolute atomic E-state index is 4.51. The number of aromatic nitrogens is 4. The van der Waals surface area contributed by atoms with E-state index in [0.717, 1.165) is 30.4 Å². The van der Waals surface area contributed by atoms with Crippen molar-refractivity contribution >= 4 is 11.6 Å². The third-order valence-corrected chi connectivity index (χ3v) is 5.28. The zero-order chi connectivity index (χ0) is 16.4. The van der Waals surface area contributed by atoms with Gasteiger partial charge in [-0.25, -0.2) is 4.98 Å². The number of likely N-dealkylation sites (N-methyl/N-ethyl adjacent to an activating group) is 1. The van der Waals surface area contributed by atoms with Gasteiger partial charge < -0.3 is 10.2 Å². The first-order valence-electron chi connectivity index (χ1n) is 8.65. The summed E-state index contributed by atoms with van der Waals surface area (Å²) < 4.78 is 1.80. The number of fused-ring (bicyclic) bond motifs is 1. The highest BCUT2D eigenvalue weighted by Gasteiger charge is 2.36. The third kappa shape index (κ3) is 3.17. The van der Waals surface area contributed by atoms with E-state index in [-0.39, 0.29) is 5.54 Å². The predicted molar refractivity (Wildman–Crippen MR) is 92.7 cm³/mol. The van der Waals surface area contributed by atoms with Gasteiger partial charge in [0.15, 0.2) is 0 Å². The van der Waals surface area contributed by atoms with Crippen LogP contribution in [0.1, 0.15) is 45.2 Å². The highest BCUT2D eigenvalue weighted by atomic mass is 15.4. The number of hydrogen-bond acceptors (Lipinski definition) is 5. The Balaban J connectivity index is 1.85. The number of rotatable bonds is 5. The molecule has 126 valence electrons. The van der Waals surface area contributed by atoms with Crippen molar-refractivity contribution in [3.63, 3.8) is 0 Å². The fourth-order valence-corrected chi connectivity index (χ4v) is 3.78. The fourth-order valence-electron chi connectivity index (χ4n) is 3.78. The molecule has 6 heteroatoms. The Bertz CT molecular complexity index is 664. The first kappa shape index (κ1) is 16.2. The summed E-state index contributed by atoms with van der Waals surface area (Å²) in [4.78, 5) is 11.1. The predicted octanol–water partition coefficient (Wildman–Crippen LogP) is 2.61. The van der Waals surface area contributed by atoms with Crippen LogP contribution in [0, 0.1) is 5.92 Å². The first-order chi connectivity index (χ1) is 11.0. The maximum Gasteiger partial charge on any atom is 0.254 e. The van der Waals surface area contributed by atoms with E-state index in [4.69, 9.17) is 0 Å². The van der Waals surface area contributed by atoms with Crippen molar-refractivity contribution in [1.82, 2.24) is 24.5 Å². The highest BCUT2D eigenvalue weighted by molar-refractivity contribution is 5.45. The smallest absolute Gasteiger partial charge is 0.254 e. The Morgan fingerprint density at radius 2 is 2.26 bits per heavy atom. The van der Waals surface area contributed by atoms with E-state index in [1.54, 1.807) is 10.8 Å². The van der Waals surface area contributed by atoms with Crippen molar-refractivity contribution in [3.8, 4) is 0 Å². The molecule has 1 N–H and O–H groups in total. The molecule has 2 heterocycles. The molecule has 2 aromatic heterocycles. The van der Waals surface area contributed by atoms with E-state index < -0.39 is 0 Å². The van der Waals surface area contributed by atoms with Crippen LogP contribution in [0.5, 0.6) is 0 Å². The van der Waals surface area contributed by atoms with Crippen LogP contribution >= 0.6 is 0 Å². The lowest BCUT2D eigenvalue weighted by Gasteiger charge is -2.45. The third-order valence-electron chi connectivity index (χ3n) is 5.28. The number of hydrogen-bond donors (Lipinski definition) is 1. The summed E-state index contributed by atoms with van der Waals surface area (Å²) in [5.41, 5.74) is 1.25. The summed E-state index contributed by atoms with van der Waals surface area (Å²) in [5.74, 6) is 2.44. The average Bonchev–Trinajstić information content (AvgIpc) is 3.00. The Morgan fingerprint density at radius 1 is 1.43 bits per heavy atom. The molecule has 1 aliphatic carbocycles. The molecule has 0 amide bonds. The zero-order valence-corrected chi connectivity index (χ0v) is 14.7. The molecule has 0 aliphatic heterocycles. The molecule has 3 rings (SSSR count). The van der Waals surface area contributed by atoms with Crippen LogP contribution in [0.2, 0.25) is 0 Å². The zero-order valence-electron chi connectivity index (χ0n) is 14.7. The second-order valence-corrected chi connectivity index (χ2v) is 7.13. The van der Waals surface area contributed by atoms with E-state index in [0.29, 0.717) is 5.78 Å². The van der Waals surface area contributed by atoms with Gasteiger partial charge in [-0.15, -0.1) is 0 Å². The van der Waals surface area contributed by atoms with Crippen LogP contribution in [-0.4, -0.2) is 50.7 Å². The van der Waals surface area contributed by atoms with Crippen LogP contribution in [0.15, 0.2) is 12.4 Å². The summed E-state index contributed by atoms with van der Waals surface area (Å²) in [5, 5.41) is 7.95. The Hall–Kier alpha value is -1.69. The minimum Gasteiger partial charge on any atom is -0.368 e. The molecule has 2 aromatic rings. The molecule has 0 spiro atoms. The van der Waals surface area contributed by atoms with Gasteiger partial charge in [-0.05, 0) is 39.3 Å². The summed E-state index contributed by atoms with van der Waals surface area (Å²) in [6.45, 7) is 5.41.